The molecular formula is C12H13BrF2O5. The van der Waals surface area contributed by atoms with Crippen LogP contribution in [0.15, 0.2) is 16.6 Å². The third kappa shape index (κ3) is 4.04. The lowest BCUT2D eigenvalue weighted by Crippen LogP contribution is -2.24. The molecule has 1 N–H and O–H groups in total. The summed E-state index contributed by atoms with van der Waals surface area (Å²) in [4.78, 5) is 10.3. The predicted molar refractivity (Wildman–Crippen MR) is 69.6 cm³/mol. The molecule has 0 spiro atoms. The second kappa shape index (κ2) is 6.85. The number of ether oxygens (including phenoxy) is 3. The van der Waals surface area contributed by atoms with Gasteiger partial charge in [0.25, 0.3) is 5.92 Å². The Morgan fingerprint density at radius 1 is 1.30 bits per heavy atom. The molecule has 0 aliphatic rings. The summed E-state index contributed by atoms with van der Waals surface area (Å²) in [6.45, 7) is -1.87. The molecule has 20 heavy (non-hydrogen) atoms. The highest BCUT2D eigenvalue weighted by Gasteiger charge is 2.36. The quantitative estimate of drug-likeness (QED) is 0.815. The molecule has 0 aliphatic heterocycles. The first kappa shape index (κ1) is 16.6. The molecule has 0 radical (unpaired) electrons. The summed E-state index contributed by atoms with van der Waals surface area (Å²) < 4.78 is 42.8. The number of carboxylic acid groups (broad SMARTS) is 1. The molecule has 1 aromatic carbocycles. The number of halogens is 3. The zero-order valence-corrected chi connectivity index (χ0v) is 12.4. The van der Waals surface area contributed by atoms with Gasteiger partial charge in [-0.1, -0.05) is 0 Å². The second-order valence-electron chi connectivity index (χ2n) is 3.78. The van der Waals surface area contributed by atoms with Gasteiger partial charge in [0.15, 0.2) is 0 Å². The van der Waals surface area contributed by atoms with Crippen LogP contribution in [0.2, 0.25) is 0 Å². The van der Waals surface area contributed by atoms with Crippen molar-refractivity contribution in [3.8, 4) is 11.5 Å². The molecule has 0 saturated heterocycles. The van der Waals surface area contributed by atoms with Gasteiger partial charge in [0, 0.05) is 0 Å². The lowest BCUT2D eigenvalue weighted by atomic mass is 10.1. The third-order valence-electron chi connectivity index (χ3n) is 2.38. The van der Waals surface area contributed by atoms with Crippen molar-refractivity contribution in [2.45, 2.75) is 5.92 Å². The number of hydrogen-bond donors (Lipinski definition) is 1. The highest BCUT2D eigenvalue weighted by molar-refractivity contribution is 9.10. The molecule has 0 bridgehead atoms. The van der Waals surface area contributed by atoms with Crippen molar-refractivity contribution in [1.82, 2.24) is 0 Å². The molecule has 0 aliphatic carbocycles. The molecule has 0 aromatic heterocycles. The van der Waals surface area contributed by atoms with E-state index in [4.69, 9.17) is 14.6 Å². The maximum absolute atomic E-state index is 14.0. The highest BCUT2D eigenvalue weighted by Crippen LogP contribution is 2.41. The van der Waals surface area contributed by atoms with Crippen LogP contribution in [-0.4, -0.2) is 38.5 Å². The summed E-state index contributed by atoms with van der Waals surface area (Å²) in [5.74, 6) is -4.57. The zero-order valence-electron chi connectivity index (χ0n) is 10.8. The van der Waals surface area contributed by atoms with E-state index < -0.39 is 30.7 Å². The van der Waals surface area contributed by atoms with E-state index in [9.17, 15) is 13.6 Å². The van der Waals surface area contributed by atoms with Crippen LogP contribution < -0.4 is 9.47 Å². The number of carbonyl (C=O) groups is 1. The van der Waals surface area contributed by atoms with Gasteiger partial charge in [-0.3, -0.25) is 0 Å². The van der Waals surface area contributed by atoms with Gasteiger partial charge in [-0.25, -0.2) is 4.79 Å². The van der Waals surface area contributed by atoms with Crippen molar-refractivity contribution in [2.24, 2.45) is 0 Å². The molecule has 8 heteroatoms. The first-order valence-electron chi connectivity index (χ1n) is 5.41. The van der Waals surface area contributed by atoms with E-state index in [1.807, 2.05) is 0 Å². The Hall–Kier alpha value is -1.41. The summed E-state index contributed by atoms with van der Waals surface area (Å²) in [6, 6.07) is 2.46. The van der Waals surface area contributed by atoms with Gasteiger partial charge in [0.05, 0.1) is 24.3 Å². The molecule has 0 atom stereocenters. The van der Waals surface area contributed by atoms with Crippen molar-refractivity contribution in [3.63, 3.8) is 0 Å². The molecule has 1 rings (SSSR count). The molecular weight excluding hydrogens is 342 g/mol. The number of methoxy groups -OCH3 is 2. The van der Waals surface area contributed by atoms with E-state index in [1.54, 1.807) is 0 Å². The summed E-state index contributed by atoms with van der Waals surface area (Å²) in [7, 11) is 2.60. The molecule has 1 aromatic rings. The average Bonchev–Trinajstić information content (AvgIpc) is 2.37. The first-order chi connectivity index (χ1) is 9.31. The Bertz CT molecular complexity index is 493. The molecule has 0 saturated carbocycles. The molecule has 112 valence electrons. The Labute approximate surface area is 122 Å². The summed E-state index contributed by atoms with van der Waals surface area (Å²) in [5, 5.41) is 8.38. The van der Waals surface area contributed by atoms with Crippen LogP contribution in [0, 0.1) is 0 Å². The summed E-state index contributed by atoms with van der Waals surface area (Å²) in [5.41, 5.74) is -0.439. The number of carboxylic acids is 1. The number of hydrogen-bond acceptors (Lipinski definition) is 4. The van der Waals surface area contributed by atoms with Gasteiger partial charge >= 0.3 is 5.97 Å². The third-order valence-corrected chi connectivity index (χ3v) is 3.00. The Morgan fingerprint density at radius 2 is 1.90 bits per heavy atom. The lowest BCUT2D eigenvalue weighted by molar-refractivity contribution is -0.147. The minimum atomic E-state index is -3.41. The fraction of sp³-hybridized carbons (Fsp3) is 0.417. The standard InChI is InChI=1S/C12H13BrF2O5/c1-18-9-4-8(13)10(19-2)3-7(9)12(14,15)6-20-5-11(16)17/h3-4H,5-6H2,1-2H3,(H,16,17). The van der Waals surface area contributed by atoms with E-state index >= 15 is 0 Å². The van der Waals surface area contributed by atoms with Gasteiger partial charge in [-0.15, -0.1) is 0 Å². The molecule has 0 fully saturated rings. The fourth-order valence-electron chi connectivity index (χ4n) is 1.49. The average molecular weight is 355 g/mol. The van der Waals surface area contributed by atoms with Crippen LogP contribution in [0.5, 0.6) is 11.5 Å². The Kier molecular flexibility index (Phi) is 5.70. The molecule has 0 unspecified atom stereocenters. The topological polar surface area (TPSA) is 65.0 Å². The van der Waals surface area contributed by atoms with Crippen LogP contribution in [-0.2, 0) is 15.5 Å². The molecule has 5 nitrogen and oxygen atoms in total. The van der Waals surface area contributed by atoms with Crippen LogP contribution in [0.1, 0.15) is 5.56 Å². The van der Waals surface area contributed by atoms with Crippen LogP contribution in [0.4, 0.5) is 8.78 Å². The normalized spacial score (nSPS) is 11.2. The summed E-state index contributed by atoms with van der Waals surface area (Å²) in [6.07, 6.45) is 0. The number of aliphatic carboxylic acids is 1. The maximum atomic E-state index is 14.0. The SMILES string of the molecule is COc1cc(C(F)(F)COCC(=O)O)c(OC)cc1Br. The number of benzene rings is 1. The van der Waals surface area contributed by atoms with Crippen molar-refractivity contribution >= 4 is 21.9 Å². The van der Waals surface area contributed by atoms with Crippen LogP contribution >= 0.6 is 15.9 Å². The number of alkyl halides is 2. The molecule has 0 heterocycles. The van der Waals surface area contributed by atoms with Crippen molar-refractivity contribution in [2.75, 3.05) is 27.4 Å². The van der Waals surface area contributed by atoms with Gasteiger partial charge in [0.2, 0.25) is 0 Å². The number of rotatable bonds is 7. The van der Waals surface area contributed by atoms with Crippen molar-refractivity contribution in [1.29, 1.82) is 0 Å². The van der Waals surface area contributed by atoms with E-state index in [0.29, 0.717) is 4.47 Å². The molecule has 0 amide bonds. The fourth-order valence-corrected chi connectivity index (χ4v) is 1.97. The van der Waals surface area contributed by atoms with Crippen molar-refractivity contribution in [3.05, 3.63) is 22.2 Å². The minimum absolute atomic E-state index is 0.0541. The largest absolute Gasteiger partial charge is 0.496 e. The minimum Gasteiger partial charge on any atom is -0.496 e. The van der Waals surface area contributed by atoms with Crippen LogP contribution in [0.3, 0.4) is 0 Å². The van der Waals surface area contributed by atoms with Crippen molar-refractivity contribution < 1.29 is 32.9 Å². The van der Waals surface area contributed by atoms with Gasteiger partial charge in [0.1, 0.15) is 24.7 Å². The van der Waals surface area contributed by atoms with E-state index in [0.717, 1.165) is 6.07 Å². The first-order valence-corrected chi connectivity index (χ1v) is 6.20. The van der Waals surface area contributed by atoms with E-state index in [2.05, 4.69) is 20.7 Å². The second-order valence-corrected chi connectivity index (χ2v) is 4.63. The predicted octanol–water partition coefficient (Wildman–Crippen LogP) is 2.66. The zero-order chi connectivity index (χ0) is 15.3. The Balaban J connectivity index is 3.05. The smallest absolute Gasteiger partial charge is 0.329 e. The van der Waals surface area contributed by atoms with Crippen LogP contribution in [0.25, 0.3) is 0 Å². The lowest BCUT2D eigenvalue weighted by Gasteiger charge is -2.20. The monoisotopic (exact) mass is 354 g/mol. The van der Waals surface area contributed by atoms with E-state index in [-0.39, 0.29) is 11.5 Å². The van der Waals surface area contributed by atoms with Gasteiger partial charge in [-0.2, -0.15) is 8.78 Å². The van der Waals surface area contributed by atoms with Gasteiger partial charge in [-0.05, 0) is 28.1 Å². The van der Waals surface area contributed by atoms with Gasteiger partial charge < -0.3 is 19.3 Å². The summed E-state index contributed by atoms with van der Waals surface area (Å²) >= 11 is 3.16. The maximum Gasteiger partial charge on any atom is 0.329 e. The highest BCUT2D eigenvalue weighted by atomic mass is 79.9. The van der Waals surface area contributed by atoms with E-state index in [1.165, 1.54) is 20.3 Å². The Morgan fingerprint density at radius 3 is 2.40 bits per heavy atom.